The number of thioether (sulfide) groups is 1. The molecule has 3 aromatic rings. The molecule has 2 unspecified atom stereocenters. The molecular weight excluding hydrogens is 440 g/mol. The average Bonchev–Trinajstić information content (AvgIpc) is 3.46. The summed E-state index contributed by atoms with van der Waals surface area (Å²) >= 11 is 2.23. The molecule has 1 N–H and O–H groups in total. The number of nitrogens with zero attached hydrogens (tertiary/aromatic N) is 1. The number of carbonyl (C=O) groups is 3. The Morgan fingerprint density at radius 3 is 2.61 bits per heavy atom. The lowest BCUT2D eigenvalue weighted by Crippen LogP contribution is -2.32. The number of aromatic nitrogens is 1. The van der Waals surface area contributed by atoms with E-state index in [1.165, 1.54) is 30.2 Å². The van der Waals surface area contributed by atoms with Gasteiger partial charge in [-0.25, -0.2) is 9.69 Å². The zero-order valence-corrected chi connectivity index (χ0v) is 17.8. The number of thiazole rings is 1. The number of furan rings is 1. The highest BCUT2D eigenvalue weighted by molar-refractivity contribution is 8.00. The predicted octanol–water partition coefficient (Wildman–Crippen LogP) is 3.00. The van der Waals surface area contributed by atoms with Crippen LogP contribution in [0.4, 0.5) is 5.69 Å². The number of carbonyl (C=O) groups excluding carboxylic acids is 3. The van der Waals surface area contributed by atoms with Crippen molar-refractivity contribution < 1.29 is 23.5 Å². The Morgan fingerprint density at radius 2 is 1.94 bits per heavy atom. The first-order valence-electron chi connectivity index (χ1n) is 9.57. The van der Waals surface area contributed by atoms with Crippen LogP contribution in [-0.4, -0.2) is 34.6 Å². The smallest absolute Gasteiger partial charge is 0.338 e. The number of rotatable bonds is 4. The van der Waals surface area contributed by atoms with Gasteiger partial charge in [0.1, 0.15) is 11.0 Å². The Balaban J connectivity index is 1.53. The normalized spacial score (nSPS) is 22.4. The molecular formula is C21H16N2O6S2. The summed E-state index contributed by atoms with van der Waals surface area (Å²) in [6.45, 7) is 1.97. The van der Waals surface area contributed by atoms with Crippen molar-refractivity contribution in [1.29, 1.82) is 0 Å². The number of ether oxygens (including phenoxy) is 1. The largest absolute Gasteiger partial charge is 0.469 e. The number of hydrogen-bond acceptors (Lipinski definition) is 8. The van der Waals surface area contributed by atoms with Crippen molar-refractivity contribution in [2.75, 3.05) is 11.5 Å². The van der Waals surface area contributed by atoms with Crippen LogP contribution < -0.4 is 9.77 Å². The number of esters is 1. The summed E-state index contributed by atoms with van der Waals surface area (Å²) in [5.74, 6) is -1.89. The summed E-state index contributed by atoms with van der Waals surface area (Å²) in [6, 6.07) is 9.64. The molecule has 10 heteroatoms. The minimum Gasteiger partial charge on any atom is -0.469 e. The van der Waals surface area contributed by atoms with Crippen LogP contribution in [0.25, 0.3) is 0 Å². The third-order valence-corrected chi connectivity index (χ3v) is 7.71. The van der Waals surface area contributed by atoms with Gasteiger partial charge in [0.05, 0.1) is 45.9 Å². The highest BCUT2D eigenvalue weighted by Gasteiger charge is 2.57. The molecule has 0 saturated carbocycles. The fourth-order valence-electron chi connectivity index (χ4n) is 4.01. The fourth-order valence-corrected chi connectivity index (χ4v) is 6.50. The molecule has 1 fully saturated rings. The lowest BCUT2D eigenvalue weighted by atomic mass is 9.87. The minimum absolute atomic E-state index is 0.236. The summed E-state index contributed by atoms with van der Waals surface area (Å²) in [5.41, 5.74) is 0.720. The maximum atomic E-state index is 13.5. The topological polar surface area (TPSA) is 110 Å². The lowest BCUT2D eigenvalue weighted by molar-refractivity contribution is -0.122. The van der Waals surface area contributed by atoms with Gasteiger partial charge in [-0.05, 0) is 43.3 Å². The Labute approximate surface area is 184 Å². The molecule has 158 valence electrons. The molecule has 0 aliphatic carbocycles. The van der Waals surface area contributed by atoms with Gasteiger partial charge in [-0.15, -0.1) is 0 Å². The SMILES string of the molecule is CCOC(=O)c1ccc(N2C(=O)C3Sc4[nH]c(=O)sc4[C@H](c4ccco4)C3C2=O)cc1. The van der Waals surface area contributed by atoms with Crippen molar-refractivity contribution in [1.82, 2.24) is 4.98 Å². The van der Waals surface area contributed by atoms with Crippen LogP contribution in [0.2, 0.25) is 0 Å². The van der Waals surface area contributed by atoms with Crippen LogP contribution in [0.5, 0.6) is 0 Å². The Morgan fingerprint density at radius 1 is 1.16 bits per heavy atom. The molecule has 2 aliphatic rings. The van der Waals surface area contributed by atoms with Gasteiger partial charge in [-0.1, -0.05) is 23.1 Å². The summed E-state index contributed by atoms with van der Waals surface area (Å²) in [5, 5.41) is -0.0941. The van der Waals surface area contributed by atoms with E-state index >= 15 is 0 Å². The van der Waals surface area contributed by atoms with Gasteiger partial charge in [0, 0.05) is 0 Å². The van der Waals surface area contributed by atoms with Crippen molar-refractivity contribution in [3.05, 3.63) is 68.5 Å². The Hall–Kier alpha value is -3.11. The average molecular weight is 457 g/mol. The maximum Gasteiger partial charge on any atom is 0.338 e. The first-order chi connectivity index (χ1) is 15.0. The molecule has 1 saturated heterocycles. The Kier molecular flexibility index (Phi) is 4.82. The number of anilines is 1. The van der Waals surface area contributed by atoms with Crippen LogP contribution in [0.15, 0.2) is 56.9 Å². The molecule has 8 nitrogen and oxygen atoms in total. The van der Waals surface area contributed by atoms with E-state index in [1.54, 1.807) is 31.2 Å². The molecule has 0 radical (unpaired) electrons. The number of amides is 2. The van der Waals surface area contributed by atoms with Gasteiger partial charge < -0.3 is 14.1 Å². The molecule has 3 atom stereocenters. The molecule has 31 heavy (non-hydrogen) atoms. The van der Waals surface area contributed by atoms with Crippen molar-refractivity contribution in [2.24, 2.45) is 5.92 Å². The van der Waals surface area contributed by atoms with Crippen molar-refractivity contribution >= 4 is 46.6 Å². The number of imide groups is 1. The third-order valence-electron chi connectivity index (χ3n) is 5.31. The van der Waals surface area contributed by atoms with Gasteiger partial charge in [-0.3, -0.25) is 14.4 Å². The first-order valence-corrected chi connectivity index (χ1v) is 11.3. The standard InChI is InChI=1S/C21H16N2O6S2/c1-2-28-20(26)10-5-7-11(8-6-10)23-18(24)14-13(12-4-3-9-29-12)15-17(22-21(27)31-15)30-16(14)19(23)25/h3-9,13-14,16H,2H2,1H3,(H,22,27)/t13-,14?,16?/m1/s1. The van der Waals surface area contributed by atoms with Crippen LogP contribution in [0.3, 0.4) is 0 Å². The van der Waals surface area contributed by atoms with Gasteiger partial charge in [-0.2, -0.15) is 0 Å². The molecule has 5 rings (SSSR count). The van der Waals surface area contributed by atoms with E-state index in [9.17, 15) is 19.2 Å². The van der Waals surface area contributed by atoms with Gasteiger partial charge >= 0.3 is 10.8 Å². The second kappa shape index (κ2) is 7.54. The number of nitrogens with one attached hydrogen (secondary N) is 1. The number of benzene rings is 1. The van der Waals surface area contributed by atoms with E-state index in [2.05, 4.69) is 4.98 Å². The minimum atomic E-state index is -0.702. The molecule has 0 bridgehead atoms. The fraction of sp³-hybridized carbons (Fsp3) is 0.238. The number of H-pyrrole nitrogens is 1. The Bertz CT molecular complexity index is 1230. The third kappa shape index (κ3) is 3.14. The summed E-state index contributed by atoms with van der Waals surface area (Å²) < 4.78 is 10.6. The van der Waals surface area contributed by atoms with Crippen LogP contribution in [-0.2, 0) is 14.3 Å². The van der Waals surface area contributed by atoms with Crippen LogP contribution >= 0.6 is 23.1 Å². The molecule has 2 amide bonds. The highest BCUT2D eigenvalue weighted by Crippen LogP contribution is 2.53. The molecule has 0 spiro atoms. The number of hydrogen-bond donors (Lipinski definition) is 1. The van der Waals surface area contributed by atoms with Gasteiger partial charge in [0.2, 0.25) is 11.8 Å². The van der Waals surface area contributed by atoms with E-state index in [-0.39, 0.29) is 23.3 Å². The highest BCUT2D eigenvalue weighted by atomic mass is 32.2. The zero-order valence-electron chi connectivity index (χ0n) is 16.2. The summed E-state index contributed by atoms with van der Waals surface area (Å²) in [4.78, 5) is 55.0. The molecule has 2 aromatic heterocycles. The van der Waals surface area contributed by atoms with E-state index in [0.29, 0.717) is 26.9 Å². The number of aromatic amines is 1. The second-order valence-corrected chi connectivity index (χ2v) is 9.21. The van der Waals surface area contributed by atoms with Crippen LogP contribution in [0.1, 0.15) is 33.8 Å². The molecule has 1 aromatic carbocycles. The van der Waals surface area contributed by atoms with Gasteiger partial charge in [0.15, 0.2) is 0 Å². The molecule has 4 heterocycles. The summed E-state index contributed by atoms with van der Waals surface area (Å²) in [7, 11) is 0. The second-order valence-electron chi connectivity index (χ2n) is 7.04. The monoisotopic (exact) mass is 456 g/mol. The molecule has 2 aliphatic heterocycles. The lowest BCUT2D eigenvalue weighted by Gasteiger charge is -2.27. The maximum absolute atomic E-state index is 13.5. The van der Waals surface area contributed by atoms with Crippen molar-refractivity contribution in [3.63, 3.8) is 0 Å². The number of fused-ring (bicyclic) bond motifs is 2. The predicted molar refractivity (Wildman–Crippen MR) is 114 cm³/mol. The van der Waals surface area contributed by atoms with E-state index in [1.807, 2.05) is 0 Å². The van der Waals surface area contributed by atoms with E-state index < -0.39 is 23.1 Å². The zero-order chi connectivity index (χ0) is 21.7. The van der Waals surface area contributed by atoms with Crippen molar-refractivity contribution in [2.45, 2.75) is 23.1 Å². The van der Waals surface area contributed by atoms with Crippen molar-refractivity contribution in [3.8, 4) is 0 Å². The van der Waals surface area contributed by atoms with E-state index in [0.717, 1.165) is 16.2 Å². The van der Waals surface area contributed by atoms with Crippen LogP contribution in [0, 0.1) is 5.92 Å². The van der Waals surface area contributed by atoms with E-state index in [4.69, 9.17) is 9.15 Å². The quantitative estimate of drug-likeness (QED) is 0.475. The first kappa shape index (κ1) is 19.8. The van der Waals surface area contributed by atoms with Gasteiger partial charge in [0.25, 0.3) is 0 Å². The summed E-state index contributed by atoms with van der Waals surface area (Å²) in [6.07, 6.45) is 1.51.